The molecule has 1 rings (SSSR count). The number of ether oxygens (including phenoxy) is 1. The summed E-state index contributed by atoms with van der Waals surface area (Å²) < 4.78 is 9.63. The van der Waals surface area contributed by atoms with Gasteiger partial charge >= 0.3 is 12.1 Å². The van der Waals surface area contributed by atoms with Crippen molar-refractivity contribution in [1.82, 2.24) is 10.5 Å². The molecule has 0 aliphatic heterocycles. The molecule has 1 aromatic rings. The molecule has 0 spiro atoms. The summed E-state index contributed by atoms with van der Waals surface area (Å²) in [6.07, 6.45) is 0.775. The van der Waals surface area contributed by atoms with Crippen LogP contribution in [0.5, 0.6) is 0 Å². The van der Waals surface area contributed by atoms with E-state index in [-0.39, 0.29) is 18.1 Å². The number of carbonyl (C=O) groups excluding carboxylic acids is 1. The molecule has 1 aromatic heterocycles. The predicted octanol–water partition coefficient (Wildman–Crippen LogP) is 1.52. The van der Waals surface area contributed by atoms with Gasteiger partial charge in [-0.1, -0.05) is 17.8 Å². The van der Waals surface area contributed by atoms with Crippen molar-refractivity contribution in [2.75, 3.05) is 6.61 Å². The third kappa shape index (κ3) is 3.34. The van der Waals surface area contributed by atoms with E-state index in [4.69, 9.17) is 14.4 Å². The number of alkyl carbamates (subject to hydrolysis) is 1. The van der Waals surface area contributed by atoms with Crippen molar-refractivity contribution in [2.45, 2.75) is 19.4 Å². The maximum Gasteiger partial charge on any atom is 0.408 e. The first-order chi connectivity index (χ1) is 8.36. The van der Waals surface area contributed by atoms with Crippen LogP contribution in [0, 0.1) is 0 Å². The van der Waals surface area contributed by atoms with Crippen LogP contribution in [0.15, 0.2) is 23.2 Å². The fourth-order valence-corrected chi connectivity index (χ4v) is 1.16. The lowest BCUT2D eigenvalue weighted by molar-refractivity contribution is 0.0685. The number of hydrogen-bond acceptors (Lipinski definition) is 5. The third-order valence-corrected chi connectivity index (χ3v) is 2.09. The van der Waals surface area contributed by atoms with Crippen molar-refractivity contribution in [3.8, 4) is 0 Å². The minimum Gasteiger partial charge on any atom is -0.476 e. The van der Waals surface area contributed by atoms with E-state index in [1.54, 1.807) is 13.8 Å². The first-order valence-electron chi connectivity index (χ1n) is 5.13. The van der Waals surface area contributed by atoms with Crippen LogP contribution in [0.1, 0.15) is 30.1 Å². The molecular weight excluding hydrogens is 240 g/mol. The minimum atomic E-state index is -1.20. The first-order valence-corrected chi connectivity index (χ1v) is 5.13. The number of carbonyl (C=O) groups is 2. The molecule has 0 aromatic carbocycles. The van der Waals surface area contributed by atoms with Gasteiger partial charge in [0.15, 0.2) is 11.5 Å². The van der Waals surface area contributed by atoms with Crippen LogP contribution in [0.2, 0.25) is 0 Å². The number of amides is 1. The maximum atomic E-state index is 11.4. The fraction of sp³-hybridized carbons (Fsp3) is 0.364. The topological polar surface area (TPSA) is 102 Å². The van der Waals surface area contributed by atoms with Crippen molar-refractivity contribution in [3.05, 3.63) is 30.2 Å². The van der Waals surface area contributed by atoms with Crippen LogP contribution < -0.4 is 5.32 Å². The third-order valence-electron chi connectivity index (χ3n) is 2.09. The molecule has 1 amide bonds. The van der Waals surface area contributed by atoms with Gasteiger partial charge in [-0.25, -0.2) is 9.59 Å². The highest BCUT2D eigenvalue weighted by molar-refractivity contribution is 5.85. The molecule has 0 aliphatic carbocycles. The molecule has 98 valence electrons. The molecule has 0 fully saturated rings. The molecule has 7 heteroatoms. The number of nitrogens with one attached hydrogen (secondary N) is 1. The molecule has 0 aliphatic rings. The van der Waals surface area contributed by atoms with E-state index in [9.17, 15) is 9.59 Å². The van der Waals surface area contributed by atoms with Crippen molar-refractivity contribution in [3.63, 3.8) is 0 Å². The van der Waals surface area contributed by atoms with Crippen LogP contribution in [0.4, 0.5) is 4.79 Å². The monoisotopic (exact) mass is 254 g/mol. The molecular formula is C11H14N2O5. The summed E-state index contributed by atoms with van der Waals surface area (Å²) in [7, 11) is 0. The molecule has 2 N–H and O–H groups in total. The SMILES string of the molecule is C=CCOC(=O)NC(C)(C)c1cc(C(=O)O)no1. The van der Waals surface area contributed by atoms with Gasteiger partial charge in [0, 0.05) is 6.07 Å². The van der Waals surface area contributed by atoms with Gasteiger partial charge in [0.1, 0.15) is 6.61 Å². The highest BCUT2D eigenvalue weighted by atomic mass is 16.5. The summed E-state index contributed by atoms with van der Waals surface area (Å²) in [5.74, 6) is -0.981. The van der Waals surface area contributed by atoms with E-state index in [1.807, 2.05) is 0 Å². The number of hydrogen-bond donors (Lipinski definition) is 2. The van der Waals surface area contributed by atoms with Crippen LogP contribution in [0.25, 0.3) is 0 Å². The quantitative estimate of drug-likeness (QED) is 0.772. The van der Waals surface area contributed by atoms with Crippen molar-refractivity contribution >= 4 is 12.1 Å². The zero-order valence-electron chi connectivity index (χ0n) is 10.1. The minimum absolute atomic E-state index is 0.0820. The second-order valence-corrected chi connectivity index (χ2v) is 4.02. The highest BCUT2D eigenvalue weighted by Gasteiger charge is 2.29. The number of carboxylic acid groups (broad SMARTS) is 1. The predicted molar refractivity (Wildman–Crippen MR) is 61.2 cm³/mol. The largest absolute Gasteiger partial charge is 0.476 e. The Morgan fingerprint density at radius 1 is 1.67 bits per heavy atom. The smallest absolute Gasteiger partial charge is 0.408 e. The average molecular weight is 254 g/mol. The fourth-order valence-electron chi connectivity index (χ4n) is 1.16. The number of aromatic carboxylic acids is 1. The van der Waals surface area contributed by atoms with Crippen LogP contribution >= 0.6 is 0 Å². The number of aromatic nitrogens is 1. The van der Waals surface area contributed by atoms with Crippen LogP contribution in [-0.2, 0) is 10.3 Å². The van der Waals surface area contributed by atoms with Gasteiger partial charge in [-0.3, -0.25) is 0 Å². The molecule has 18 heavy (non-hydrogen) atoms. The van der Waals surface area contributed by atoms with Crippen LogP contribution in [-0.4, -0.2) is 28.9 Å². The summed E-state index contributed by atoms with van der Waals surface area (Å²) in [4.78, 5) is 22.0. The van der Waals surface area contributed by atoms with Gasteiger partial charge in [0.2, 0.25) is 0 Å². The molecule has 0 radical (unpaired) electrons. The summed E-state index contributed by atoms with van der Waals surface area (Å²) >= 11 is 0. The maximum absolute atomic E-state index is 11.4. The molecule has 7 nitrogen and oxygen atoms in total. The standard InChI is InChI=1S/C11H14N2O5/c1-4-5-17-10(16)12-11(2,3)8-6-7(9(14)15)13-18-8/h4,6H,1,5H2,2-3H3,(H,12,16)(H,14,15). The molecule has 0 saturated heterocycles. The second-order valence-electron chi connectivity index (χ2n) is 4.02. The van der Waals surface area contributed by atoms with E-state index in [0.29, 0.717) is 0 Å². The lowest BCUT2D eigenvalue weighted by Crippen LogP contribution is -2.41. The number of rotatable bonds is 5. The van der Waals surface area contributed by atoms with Crippen molar-refractivity contribution < 1.29 is 24.0 Å². The summed E-state index contributed by atoms with van der Waals surface area (Å²) in [6.45, 7) is 6.76. The van der Waals surface area contributed by atoms with Gasteiger partial charge in [-0.15, -0.1) is 0 Å². The normalized spacial score (nSPS) is 10.8. The van der Waals surface area contributed by atoms with E-state index in [1.165, 1.54) is 12.1 Å². The van der Waals surface area contributed by atoms with Gasteiger partial charge in [0.05, 0.1) is 5.54 Å². The lowest BCUT2D eigenvalue weighted by atomic mass is 10.0. The van der Waals surface area contributed by atoms with E-state index < -0.39 is 17.6 Å². The Morgan fingerprint density at radius 3 is 2.83 bits per heavy atom. The van der Waals surface area contributed by atoms with Crippen LogP contribution in [0.3, 0.4) is 0 Å². The lowest BCUT2D eigenvalue weighted by Gasteiger charge is -2.22. The Hall–Kier alpha value is -2.31. The molecule has 0 unspecified atom stereocenters. The van der Waals surface area contributed by atoms with Crippen molar-refractivity contribution in [1.29, 1.82) is 0 Å². The Bertz CT molecular complexity index is 464. The summed E-state index contributed by atoms with van der Waals surface area (Å²) in [5, 5.41) is 14.6. The summed E-state index contributed by atoms with van der Waals surface area (Å²) in [6, 6.07) is 1.25. The van der Waals surface area contributed by atoms with Gasteiger partial charge < -0.3 is 19.7 Å². The van der Waals surface area contributed by atoms with Crippen molar-refractivity contribution in [2.24, 2.45) is 0 Å². The van der Waals surface area contributed by atoms with E-state index >= 15 is 0 Å². The summed E-state index contributed by atoms with van der Waals surface area (Å²) in [5.41, 5.74) is -1.15. The number of carboxylic acids is 1. The van der Waals surface area contributed by atoms with Gasteiger partial charge in [-0.05, 0) is 13.8 Å². The molecule has 0 saturated carbocycles. The first kappa shape index (κ1) is 13.8. The number of nitrogens with zero attached hydrogens (tertiary/aromatic N) is 1. The Labute approximate surface area is 103 Å². The Morgan fingerprint density at radius 2 is 2.33 bits per heavy atom. The Kier molecular flexibility index (Phi) is 4.09. The van der Waals surface area contributed by atoms with Gasteiger partial charge in [-0.2, -0.15) is 0 Å². The van der Waals surface area contributed by atoms with E-state index in [0.717, 1.165) is 0 Å². The molecule has 0 bridgehead atoms. The zero-order chi connectivity index (χ0) is 13.8. The molecule has 0 atom stereocenters. The van der Waals surface area contributed by atoms with Gasteiger partial charge in [0.25, 0.3) is 0 Å². The Balaban J connectivity index is 2.75. The zero-order valence-corrected chi connectivity index (χ0v) is 10.1. The highest BCUT2D eigenvalue weighted by Crippen LogP contribution is 2.21. The average Bonchev–Trinajstić information content (AvgIpc) is 2.75. The second kappa shape index (κ2) is 5.35. The molecule has 1 heterocycles. The van der Waals surface area contributed by atoms with E-state index in [2.05, 4.69) is 17.1 Å².